The van der Waals surface area contributed by atoms with Gasteiger partial charge in [0.25, 0.3) is 0 Å². The predicted molar refractivity (Wildman–Crippen MR) is 49.8 cm³/mol. The maximum atomic E-state index is 10.9. The van der Waals surface area contributed by atoms with Crippen LogP contribution in [0.15, 0.2) is 11.6 Å². The Kier molecular flexibility index (Phi) is 4.01. The quantitative estimate of drug-likeness (QED) is 0.470. The van der Waals surface area contributed by atoms with E-state index in [0.717, 1.165) is 6.42 Å². The van der Waals surface area contributed by atoms with Crippen LogP contribution >= 0.6 is 0 Å². The molecule has 0 saturated carbocycles. The molecule has 0 heterocycles. The molecule has 0 rings (SSSR count). The van der Waals surface area contributed by atoms with Crippen molar-refractivity contribution in [3.8, 4) is 0 Å². The lowest BCUT2D eigenvalue weighted by Crippen LogP contribution is -2.06. The summed E-state index contributed by atoms with van der Waals surface area (Å²) in [5, 5.41) is 0. The minimum Gasteiger partial charge on any atom is -0.466 e. The second-order valence-electron chi connectivity index (χ2n) is 4.14. The van der Waals surface area contributed by atoms with Crippen LogP contribution in [0.25, 0.3) is 0 Å². The standard InChI is InChI=1S/C10H18O2/c1-8(9(11)12-5)6-7-10(2,3)4/h6H,7H2,1-5H3. The summed E-state index contributed by atoms with van der Waals surface area (Å²) in [5.74, 6) is -0.237. The summed E-state index contributed by atoms with van der Waals surface area (Å²) in [6.45, 7) is 8.17. The summed E-state index contributed by atoms with van der Waals surface area (Å²) in [6, 6.07) is 0. The highest BCUT2D eigenvalue weighted by Crippen LogP contribution is 2.19. The molecule has 0 aromatic carbocycles. The van der Waals surface area contributed by atoms with E-state index in [-0.39, 0.29) is 11.4 Å². The monoisotopic (exact) mass is 170 g/mol. The van der Waals surface area contributed by atoms with E-state index >= 15 is 0 Å². The van der Waals surface area contributed by atoms with E-state index in [9.17, 15) is 4.79 Å². The van der Waals surface area contributed by atoms with Crippen LogP contribution in [0.5, 0.6) is 0 Å². The molecule has 0 aromatic heterocycles. The van der Waals surface area contributed by atoms with Gasteiger partial charge < -0.3 is 4.74 Å². The van der Waals surface area contributed by atoms with Crippen molar-refractivity contribution >= 4 is 5.97 Å². The molecule has 0 saturated heterocycles. The average Bonchev–Trinajstić information content (AvgIpc) is 1.97. The van der Waals surface area contributed by atoms with Crippen LogP contribution in [-0.4, -0.2) is 13.1 Å². The third kappa shape index (κ3) is 4.94. The number of esters is 1. The van der Waals surface area contributed by atoms with Crippen LogP contribution in [0, 0.1) is 5.41 Å². The Morgan fingerprint density at radius 1 is 1.42 bits per heavy atom. The molecular weight excluding hydrogens is 152 g/mol. The number of methoxy groups -OCH3 is 1. The lowest BCUT2D eigenvalue weighted by molar-refractivity contribution is -0.136. The molecule has 0 spiro atoms. The molecule has 70 valence electrons. The van der Waals surface area contributed by atoms with Gasteiger partial charge in [0.2, 0.25) is 0 Å². The molecule has 0 N–H and O–H groups in total. The average molecular weight is 170 g/mol. The highest BCUT2D eigenvalue weighted by Gasteiger charge is 2.09. The Morgan fingerprint density at radius 2 is 1.92 bits per heavy atom. The number of hydrogen-bond acceptors (Lipinski definition) is 2. The van der Waals surface area contributed by atoms with Gasteiger partial charge in [-0.3, -0.25) is 0 Å². The largest absolute Gasteiger partial charge is 0.466 e. The fourth-order valence-corrected chi connectivity index (χ4v) is 0.704. The number of allylic oxidation sites excluding steroid dienone is 1. The smallest absolute Gasteiger partial charge is 0.333 e. The van der Waals surface area contributed by atoms with Crippen molar-refractivity contribution < 1.29 is 9.53 Å². The molecule has 12 heavy (non-hydrogen) atoms. The Morgan fingerprint density at radius 3 is 2.25 bits per heavy atom. The summed E-state index contributed by atoms with van der Waals surface area (Å²) in [5.41, 5.74) is 0.919. The molecule has 0 aliphatic rings. The van der Waals surface area contributed by atoms with Crippen molar-refractivity contribution in [3.05, 3.63) is 11.6 Å². The number of rotatable bonds is 2. The van der Waals surface area contributed by atoms with Gasteiger partial charge in [0.05, 0.1) is 7.11 Å². The number of carbonyl (C=O) groups excluding carboxylic acids is 1. The highest BCUT2D eigenvalue weighted by molar-refractivity contribution is 5.87. The zero-order chi connectivity index (χ0) is 9.78. The normalized spacial score (nSPS) is 12.9. The van der Waals surface area contributed by atoms with Crippen molar-refractivity contribution in [2.75, 3.05) is 7.11 Å². The Bertz CT molecular complexity index is 185. The van der Waals surface area contributed by atoms with Crippen molar-refractivity contribution in [1.29, 1.82) is 0 Å². The first kappa shape index (κ1) is 11.2. The molecular formula is C10H18O2. The van der Waals surface area contributed by atoms with E-state index in [2.05, 4.69) is 25.5 Å². The summed E-state index contributed by atoms with van der Waals surface area (Å²) in [7, 11) is 1.40. The lowest BCUT2D eigenvalue weighted by Gasteiger charge is -2.15. The van der Waals surface area contributed by atoms with Crippen LogP contribution in [0.4, 0.5) is 0 Å². The van der Waals surface area contributed by atoms with E-state index in [4.69, 9.17) is 0 Å². The van der Waals surface area contributed by atoms with Crippen molar-refractivity contribution in [2.45, 2.75) is 34.1 Å². The zero-order valence-corrected chi connectivity index (χ0v) is 8.60. The fourth-order valence-electron chi connectivity index (χ4n) is 0.704. The van der Waals surface area contributed by atoms with E-state index in [1.165, 1.54) is 7.11 Å². The van der Waals surface area contributed by atoms with E-state index in [1.54, 1.807) is 6.92 Å². The van der Waals surface area contributed by atoms with Crippen LogP contribution in [0.2, 0.25) is 0 Å². The first-order valence-electron chi connectivity index (χ1n) is 4.12. The van der Waals surface area contributed by atoms with Gasteiger partial charge in [0, 0.05) is 5.57 Å². The van der Waals surface area contributed by atoms with Gasteiger partial charge in [0.1, 0.15) is 0 Å². The summed E-state index contributed by atoms with van der Waals surface area (Å²) >= 11 is 0. The summed E-state index contributed by atoms with van der Waals surface area (Å²) in [6.07, 6.45) is 2.82. The van der Waals surface area contributed by atoms with Gasteiger partial charge in [-0.05, 0) is 18.8 Å². The molecule has 0 fully saturated rings. The van der Waals surface area contributed by atoms with Crippen molar-refractivity contribution in [1.82, 2.24) is 0 Å². The van der Waals surface area contributed by atoms with E-state index in [1.807, 2.05) is 6.08 Å². The minimum absolute atomic E-state index is 0.231. The molecule has 2 nitrogen and oxygen atoms in total. The van der Waals surface area contributed by atoms with Gasteiger partial charge in [0.15, 0.2) is 0 Å². The molecule has 0 aromatic rings. The molecule has 0 atom stereocenters. The summed E-state index contributed by atoms with van der Waals surface area (Å²) in [4.78, 5) is 10.9. The van der Waals surface area contributed by atoms with Gasteiger partial charge in [-0.1, -0.05) is 26.8 Å². The maximum absolute atomic E-state index is 10.9. The number of ether oxygens (including phenoxy) is 1. The van der Waals surface area contributed by atoms with E-state index in [0.29, 0.717) is 5.57 Å². The third-order valence-electron chi connectivity index (χ3n) is 1.53. The number of hydrogen-bond donors (Lipinski definition) is 0. The Balaban J connectivity index is 4.10. The Labute approximate surface area is 74.6 Å². The predicted octanol–water partition coefficient (Wildman–Crippen LogP) is 2.54. The molecule has 0 radical (unpaired) electrons. The first-order valence-corrected chi connectivity index (χ1v) is 4.12. The molecule has 2 heteroatoms. The van der Waals surface area contributed by atoms with Crippen LogP contribution in [0.1, 0.15) is 34.1 Å². The van der Waals surface area contributed by atoms with Gasteiger partial charge in [-0.15, -0.1) is 0 Å². The maximum Gasteiger partial charge on any atom is 0.333 e. The molecule has 0 bridgehead atoms. The van der Waals surface area contributed by atoms with E-state index < -0.39 is 0 Å². The molecule has 0 unspecified atom stereocenters. The molecule has 0 aliphatic heterocycles. The zero-order valence-electron chi connectivity index (χ0n) is 8.60. The van der Waals surface area contributed by atoms with Gasteiger partial charge in [-0.25, -0.2) is 4.79 Å². The van der Waals surface area contributed by atoms with Gasteiger partial charge in [-0.2, -0.15) is 0 Å². The van der Waals surface area contributed by atoms with Crippen molar-refractivity contribution in [2.24, 2.45) is 5.41 Å². The van der Waals surface area contributed by atoms with Crippen LogP contribution in [-0.2, 0) is 9.53 Å². The van der Waals surface area contributed by atoms with Crippen LogP contribution < -0.4 is 0 Å². The number of carbonyl (C=O) groups is 1. The second-order valence-corrected chi connectivity index (χ2v) is 4.14. The van der Waals surface area contributed by atoms with Crippen molar-refractivity contribution in [3.63, 3.8) is 0 Å². The van der Waals surface area contributed by atoms with Crippen LogP contribution in [0.3, 0.4) is 0 Å². The van der Waals surface area contributed by atoms with Gasteiger partial charge >= 0.3 is 5.97 Å². The SMILES string of the molecule is COC(=O)C(C)=CCC(C)(C)C. The molecule has 0 aliphatic carbocycles. The summed E-state index contributed by atoms with van der Waals surface area (Å²) < 4.78 is 4.57. The fraction of sp³-hybridized carbons (Fsp3) is 0.700. The lowest BCUT2D eigenvalue weighted by atomic mass is 9.91. The topological polar surface area (TPSA) is 26.3 Å². The second kappa shape index (κ2) is 4.29. The first-order chi connectivity index (χ1) is 5.37. The minimum atomic E-state index is -0.237. The highest BCUT2D eigenvalue weighted by atomic mass is 16.5. The Hall–Kier alpha value is -0.790. The molecule has 0 amide bonds. The third-order valence-corrected chi connectivity index (χ3v) is 1.53.